The van der Waals surface area contributed by atoms with Crippen LogP contribution in [-0.4, -0.2) is 42.2 Å². The highest BCUT2D eigenvalue weighted by Gasteiger charge is 2.24. The lowest BCUT2D eigenvalue weighted by Gasteiger charge is -2.28. The number of carbonyl (C=O) groups is 1. The number of halogens is 1. The zero-order valence-electron chi connectivity index (χ0n) is 17.6. The molecule has 3 aromatic carbocycles. The molecule has 1 fully saturated rings. The smallest absolute Gasteiger partial charge is 0.293 e. The van der Waals surface area contributed by atoms with E-state index in [9.17, 15) is 20.0 Å². The number of rotatable bonds is 6. The minimum Gasteiger partial charge on any atom is -0.384 e. The van der Waals surface area contributed by atoms with E-state index in [2.05, 4.69) is 5.32 Å². The maximum atomic E-state index is 13.0. The standard InChI is InChI=1S/C24H22ClN3O5/c25-18-7-8-20(19(15-18)23(29)16-4-2-1-3-5-16)26-24(30)17-6-9-21(22(14-17)28(31)32)27-10-12-33-13-11-27/h1-9,14-15,23,29H,10-13H2,(H,26,30). The Morgan fingerprint density at radius 3 is 2.52 bits per heavy atom. The predicted octanol–water partition coefficient (Wildman–Crippen LogP) is 4.42. The van der Waals surface area contributed by atoms with Gasteiger partial charge in [0, 0.05) is 41.0 Å². The minimum absolute atomic E-state index is 0.133. The number of nitrogens with one attached hydrogen (secondary N) is 1. The van der Waals surface area contributed by atoms with Crippen LogP contribution < -0.4 is 10.2 Å². The summed E-state index contributed by atoms with van der Waals surface area (Å²) >= 11 is 6.14. The second-order valence-electron chi connectivity index (χ2n) is 7.56. The van der Waals surface area contributed by atoms with E-state index in [0.717, 1.165) is 0 Å². The molecule has 1 saturated heterocycles. The molecule has 3 aromatic rings. The van der Waals surface area contributed by atoms with Gasteiger partial charge in [0.1, 0.15) is 11.8 Å². The number of nitrogens with zero attached hydrogens (tertiary/aromatic N) is 2. The number of benzene rings is 3. The van der Waals surface area contributed by atoms with E-state index in [0.29, 0.717) is 53.8 Å². The van der Waals surface area contributed by atoms with Crippen molar-refractivity contribution in [3.8, 4) is 0 Å². The Hall–Kier alpha value is -3.46. The molecular weight excluding hydrogens is 446 g/mol. The molecule has 0 aromatic heterocycles. The molecule has 1 amide bonds. The maximum Gasteiger partial charge on any atom is 0.293 e. The first-order valence-electron chi connectivity index (χ1n) is 10.4. The van der Waals surface area contributed by atoms with Crippen molar-refractivity contribution in [2.45, 2.75) is 6.10 Å². The van der Waals surface area contributed by atoms with E-state index in [1.165, 1.54) is 6.07 Å². The molecule has 2 N–H and O–H groups in total. The first-order valence-corrected chi connectivity index (χ1v) is 10.8. The van der Waals surface area contributed by atoms with Gasteiger partial charge in [0.2, 0.25) is 0 Å². The van der Waals surface area contributed by atoms with Gasteiger partial charge in [-0.25, -0.2) is 0 Å². The summed E-state index contributed by atoms with van der Waals surface area (Å²) in [6.45, 7) is 2.06. The summed E-state index contributed by atoms with van der Waals surface area (Å²) in [5.74, 6) is -0.532. The normalized spacial score (nSPS) is 14.5. The van der Waals surface area contributed by atoms with Crippen molar-refractivity contribution in [3.05, 3.63) is 98.6 Å². The fourth-order valence-corrected chi connectivity index (χ4v) is 3.95. The predicted molar refractivity (Wildman–Crippen MR) is 126 cm³/mol. The van der Waals surface area contributed by atoms with E-state index >= 15 is 0 Å². The first-order chi connectivity index (χ1) is 15.9. The number of carbonyl (C=O) groups excluding carboxylic acids is 1. The van der Waals surface area contributed by atoms with Crippen molar-refractivity contribution in [3.63, 3.8) is 0 Å². The molecule has 8 nitrogen and oxygen atoms in total. The average Bonchev–Trinajstić information content (AvgIpc) is 2.85. The van der Waals surface area contributed by atoms with Crippen molar-refractivity contribution in [2.75, 3.05) is 36.5 Å². The summed E-state index contributed by atoms with van der Waals surface area (Å²) in [5, 5.41) is 25.7. The van der Waals surface area contributed by atoms with Gasteiger partial charge in [-0.15, -0.1) is 0 Å². The van der Waals surface area contributed by atoms with Crippen LogP contribution in [0.25, 0.3) is 0 Å². The summed E-state index contributed by atoms with van der Waals surface area (Å²) in [7, 11) is 0. The third-order valence-electron chi connectivity index (χ3n) is 5.46. The number of morpholine rings is 1. The quantitative estimate of drug-likeness (QED) is 0.410. The molecule has 170 valence electrons. The Morgan fingerprint density at radius 2 is 1.82 bits per heavy atom. The number of hydrogen-bond donors (Lipinski definition) is 2. The molecule has 1 unspecified atom stereocenters. The van der Waals surface area contributed by atoms with Gasteiger partial charge < -0.3 is 20.1 Å². The lowest BCUT2D eigenvalue weighted by Crippen LogP contribution is -2.36. The van der Waals surface area contributed by atoms with E-state index in [1.54, 1.807) is 54.6 Å². The number of hydrogen-bond acceptors (Lipinski definition) is 6. The fraction of sp³-hybridized carbons (Fsp3) is 0.208. The molecule has 0 aliphatic carbocycles. The van der Waals surface area contributed by atoms with Crippen LogP contribution in [0.15, 0.2) is 66.7 Å². The van der Waals surface area contributed by atoms with Gasteiger partial charge >= 0.3 is 0 Å². The number of ether oxygens (including phenoxy) is 1. The van der Waals surface area contributed by atoms with E-state index in [1.807, 2.05) is 11.0 Å². The first kappa shape index (κ1) is 22.7. The molecule has 1 aliphatic rings. The zero-order chi connectivity index (χ0) is 23.4. The Morgan fingerprint density at radius 1 is 1.09 bits per heavy atom. The lowest BCUT2D eigenvalue weighted by atomic mass is 9.99. The minimum atomic E-state index is -1.02. The van der Waals surface area contributed by atoms with Crippen molar-refractivity contribution in [1.82, 2.24) is 0 Å². The summed E-state index contributed by atoms with van der Waals surface area (Å²) in [6, 6.07) is 18.2. The number of nitro benzene ring substituents is 1. The van der Waals surface area contributed by atoms with E-state index in [4.69, 9.17) is 16.3 Å². The van der Waals surface area contributed by atoms with Crippen molar-refractivity contribution in [2.24, 2.45) is 0 Å². The highest BCUT2D eigenvalue weighted by atomic mass is 35.5. The number of amides is 1. The van der Waals surface area contributed by atoms with Gasteiger partial charge in [-0.05, 0) is 35.9 Å². The third-order valence-corrected chi connectivity index (χ3v) is 5.69. The zero-order valence-corrected chi connectivity index (χ0v) is 18.4. The topological polar surface area (TPSA) is 105 Å². The fourth-order valence-electron chi connectivity index (χ4n) is 3.77. The molecule has 0 bridgehead atoms. The summed E-state index contributed by atoms with van der Waals surface area (Å²) in [6.07, 6.45) is -1.02. The second-order valence-corrected chi connectivity index (χ2v) is 8.00. The maximum absolute atomic E-state index is 13.0. The highest BCUT2D eigenvalue weighted by molar-refractivity contribution is 6.30. The van der Waals surface area contributed by atoms with Crippen LogP contribution in [0, 0.1) is 10.1 Å². The summed E-state index contributed by atoms with van der Waals surface area (Å²) < 4.78 is 5.32. The molecule has 1 heterocycles. The van der Waals surface area contributed by atoms with Crippen LogP contribution >= 0.6 is 11.6 Å². The van der Waals surface area contributed by atoms with Crippen LogP contribution in [0.1, 0.15) is 27.6 Å². The second kappa shape index (κ2) is 9.99. The largest absolute Gasteiger partial charge is 0.384 e. The molecule has 4 rings (SSSR count). The molecule has 1 aliphatic heterocycles. The monoisotopic (exact) mass is 467 g/mol. The Bertz CT molecular complexity index is 1170. The van der Waals surface area contributed by atoms with Gasteiger partial charge in [-0.3, -0.25) is 14.9 Å². The number of aliphatic hydroxyl groups is 1. The van der Waals surface area contributed by atoms with Gasteiger partial charge in [-0.1, -0.05) is 41.9 Å². The van der Waals surface area contributed by atoms with Crippen molar-refractivity contribution in [1.29, 1.82) is 0 Å². The lowest BCUT2D eigenvalue weighted by molar-refractivity contribution is -0.384. The molecule has 0 saturated carbocycles. The number of nitro groups is 1. The Balaban J connectivity index is 1.62. The van der Waals surface area contributed by atoms with Crippen LogP contribution in [-0.2, 0) is 4.74 Å². The molecule has 1 atom stereocenters. The molecular formula is C24H22ClN3O5. The van der Waals surface area contributed by atoms with Crippen LogP contribution in [0.3, 0.4) is 0 Å². The van der Waals surface area contributed by atoms with Gasteiger partial charge in [0.25, 0.3) is 11.6 Å². The molecule has 9 heteroatoms. The average molecular weight is 468 g/mol. The van der Waals surface area contributed by atoms with Crippen LogP contribution in [0.5, 0.6) is 0 Å². The van der Waals surface area contributed by atoms with Gasteiger partial charge in [0.05, 0.1) is 18.1 Å². The van der Waals surface area contributed by atoms with Crippen LogP contribution in [0.4, 0.5) is 17.1 Å². The van der Waals surface area contributed by atoms with Gasteiger partial charge in [-0.2, -0.15) is 0 Å². The molecule has 0 radical (unpaired) electrons. The van der Waals surface area contributed by atoms with Crippen molar-refractivity contribution < 1.29 is 19.6 Å². The summed E-state index contributed by atoms with van der Waals surface area (Å²) in [4.78, 5) is 26.1. The number of aliphatic hydroxyl groups excluding tert-OH is 1. The molecule has 33 heavy (non-hydrogen) atoms. The Labute approximate surface area is 195 Å². The molecule has 0 spiro atoms. The Kier molecular flexibility index (Phi) is 6.88. The van der Waals surface area contributed by atoms with Crippen LogP contribution in [0.2, 0.25) is 5.02 Å². The van der Waals surface area contributed by atoms with E-state index < -0.39 is 16.9 Å². The number of anilines is 2. The van der Waals surface area contributed by atoms with E-state index in [-0.39, 0.29) is 11.3 Å². The third kappa shape index (κ3) is 5.14. The summed E-state index contributed by atoms with van der Waals surface area (Å²) in [5.41, 5.74) is 1.86. The SMILES string of the molecule is O=C(Nc1ccc(Cl)cc1C(O)c1ccccc1)c1ccc(N2CCOCC2)c([N+](=O)[O-])c1. The van der Waals surface area contributed by atoms with Crippen molar-refractivity contribution >= 4 is 34.6 Å². The van der Waals surface area contributed by atoms with Gasteiger partial charge in [0.15, 0.2) is 0 Å². The highest BCUT2D eigenvalue weighted by Crippen LogP contribution is 2.33.